The Balaban J connectivity index is 2.97. The normalized spacial score (nSPS) is 11.9. The van der Waals surface area contributed by atoms with E-state index in [0.29, 0.717) is 5.69 Å². The Bertz CT molecular complexity index is 457. The zero-order valence-corrected chi connectivity index (χ0v) is 11.7. The van der Waals surface area contributed by atoms with E-state index in [9.17, 15) is 18.0 Å². The van der Waals surface area contributed by atoms with E-state index in [2.05, 4.69) is 4.98 Å². The van der Waals surface area contributed by atoms with E-state index in [4.69, 9.17) is 5.73 Å². The van der Waals surface area contributed by atoms with Crippen LogP contribution >= 0.6 is 11.3 Å². The van der Waals surface area contributed by atoms with Gasteiger partial charge in [0.15, 0.2) is 5.13 Å². The predicted molar refractivity (Wildman–Crippen MR) is 68.1 cm³/mol. The number of thiazole rings is 1. The minimum atomic E-state index is -4.42. The van der Waals surface area contributed by atoms with Crippen molar-refractivity contribution in [2.75, 3.05) is 18.8 Å². The van der Waals surface area contributed by atoms with Crippen molar-refractivity contribution in [2.45, 2.75) is 26.9 Å². The highest BCUT2D eigenvalue weighted by Gasteiger charge is 2.34. The molecule has 0 aliphatic carbocycles. The summed E-state index contributed by atoms with van der Waals surface area (Å²) < 4.78 is 37.5. The van der Waals surface area contributed by atoms with Gasteiger partial charge in [-0.1, -0.05) is 25.2 Å². The predicted octanol–water partition coefficient (Wildman–Crippen LogP) is 2.69. The van der Waals surface area contributed by atoms with Crippen LogP contribution < -0.4 is 5.73 Å². The van der Waals surface area contributed by atoms with Gasteiger partial charge < -0.3 is 10.6 Å². The zero-order chi connectivity index (χ0) is 14.8. The standard InChI is InChI=1S/C11H16F3N3OS/c1-6(2)4-17(5-11(12,13)14)9(18)8-7(3)16-10(15)19-8/h6H,4-5H2,1-3H3,(H2,15,16). The highest BCUT2D eigenvalue weighted by molar-refractivity contribution is 7.17. The van der Waals surface area contributed by atoms with E-state index in [1.54, 1.807) is 20.8 Å². The summed E-state index contributed by atoms with van der Waals surface area (Å²) in [6.45, 7) is 3.84. The maximum atomic E-state index is 12.5. The van der Waals surface area contributed by atoms with Crippen LogP contribution in [0.15, 0.2) is 0 Å². The summed E-state index contributed by atoms with van der Waals surface area (Å²) in [5.74, 6) is -0.727. The molecule has 1 rings (SSSR count). The fourth-order valence-corrected chi connectivity index (χ4v) is 2.44. The van der Waals surface area contributed by atoms with Crippen molar-refractivity contribution in [3.8, 4) is 0 Å². The summed E-state index contributed by atoms with van der Waals surface area (Å²) >= 11 is 0.912. The van der Waals surface area contributed by atoms with Crippen molar-refractivity contribution in [1.82, 2.24) is 9.88 Å². The summed E-state index contributed by atoms with van der Waals surface area (Å²) in [6, 6.07) is 0. The number of hydrogen-bond acceptors (Lipinski definition) is 4. The van der Waals surface area contributed by atoms with Crippen molar-refractivity contribution in [3.63, 3.8) is 0 Å². The van der Waals surface area contributed by atoms with Crippen molar-refractivity contribution in [3.05, 3.63) is 10.6 Å². The number of hydrogen-bond donors (Lipinski definition) is 1. The lowest BCUT2D eigenvalue weighted by atomic mass is 10.2. The van der Waals surface area contributed by atoms with Gasteiger partial charge in [-0.15, -0.1) is 0 Å². The number of anilines is 1. The van der Waals surface area contributed by atoms with Crippen molar-refractivity contribution >= 4 is 22.4 Å². The lowest BCUT2D eigenvalue weighted by Crippen LogP contribution is -2.41. The number of nitrogens with zero attached hydrogens (tertiary/aromatic N) is 2. The number of nitrogen functional groups attached to an aromatic ring is 1. The molecular formula is C11H16F3N3OS. The topological polar surface area (TPSA) is 59.2 Å². The summed E-state index contributed by atoms with van der Waals surface area (Å²) in [5.41, 5.74) is 5.82. The quantitative estimate of drug-likeness (QED) is 0.929. The Morgan fingerprint density at radius 3 is 2.42 bits per heavy atom. The minimum absolute atomic E-state index is 0.0373. The number of halogens is 3. The Labute approximate surface area is 113 Å². The third-order valence-corrected chi connectivity index (χ3v) is 3.22. The molecule has 8 heteroatoms. The van der Waals surface area contributed by atoms with E-state index < -0.39 is 18.6 Å². The van der Waals surface area contributed by atoms with Gasteiger partial charge in [0.25, 0.3) is 5.91 Å². The number of rotatable bonds is 4. The second kappa shape index (κ2) is 5.77. The summed E-state index contributed by atoms with van der Waals surface area (Å²) in [5, 5.41) is 0.178. The van der Waals surface area contributed by atoms with Gasteiger partial charge in [0.05, 0.1) is 5.69 Å². The number of alkyl halides is 3. The molecule has 1 aromatic heterocycles. The molecule has 2 N–H and O–H groups in total. The summed E-state index contributed by atoms with van der Waals surface area (Å²) in [7, 11) is 0. The molecule has 0 spiro atoms. The third kappa shape index (κ3) is 4.70. The van der Waals surface area contributed by atoms with Crippen LogP contribution in [0.25, 0.3) is 0 Å². The summed E-state index contributed by atoms with van der Waals surface area (Å²) in [6.07, 6.45) is -4.42. The molecule has 1 heterocycles. The maximum absolute atomic E-state index is 12.5. The molecule has 0 aromatic carbocycles. The number of aromatic nitrogens is 1. The van der Waals surface area contributed by atoms with Crippen molar-refractivity contribution in [1.29, 1.82) is 0 Å². The van der Waals surface area contributed by atoms with Gasteiger partial charge >= 0.3 is 6.18 Å². The molecule has 0 atom stereocenters. The number of aryl methyl sites for hydroxylation is 1. The van der Waals surface area contributed by atoms with Crippen LogP contribution in [0.4, 0.5) is 18.3 Å². The Morgan fingerprint density at radius 2 is 2.05 bits per heavy atom. The van der Waals surface area contributed by atoms with E-state index in [-0.39, 0.29) is 22.5 Å². The second-order valence-corrected chi connectivity index (χ2v) is 5.69. The Kier molecular flexibility index (Phi) is 4.78. The smallest absolute Gasteiger partial charge is 0.375 e. The third-order valence-electron chi connectivity index (χ3n) is 2.25. The number of carbonyl (C=O) groups is 1. The highest BCUT2D eigenvalue weighted by Crippen LogP contribution is 2.24. The van der Waals surface area contributed by atoms with Gasteiger partial charge in [-0.2, -0.15) is 13.2 Å². The van der Waals surface area contributed by atoms with Crippen LogP contribution in [0.3, 0.4) is 0 Å². The Hall–Kier alpha value is -1.31. The molecule has 0 aliphatic heterocycles. The first-order valence-electron chi connectivity index (χ1n) is 5.69. The number of carbonyl (C=O) groups excluding carboxylic acids is 1. The molecule has 0 saturated carbocycles. The average molecular weight is 295 g/mol. The van der Waals surface area contributed by atoms with Gasteiger partial charge in [0.2, 0.25) is 0 Å². The molecule has 4 nitrogen and oxygen atoms in total. The van der Waals surface area contributed by atoms with E-state index in [0.717, 1.165) is 16.2 Å². The van der Waals surface area contributed by atoms with Crippen LogP contribution in [0.2, 0.25) is 0 Å². The molecule has 108 valence electrons. The molecule has 0 saturated heterocycles. The molecular weight excluding hydrogens is 279 g/mol. The minimum Gasteiger partial charge on any atom is -0.375 e. The first-order chi connectivity index (χ1) is 8.60. The maximum Gasteiger partial charge on any atom is 0.406 e. The molecule has 1 amide bonds. The van der Waals surface area contributed by atoms with Gasteiger partial charge in [-0.25, -0.2) is 4.98 Å². The van der Waals surface area contributed by atoms with Gasteiger partial charge in [0, 0.05) is 6.54 Å². The molecule has 0 radical (unpaired) electrons. The summed E-state index contributed by atoms with van der Waals surface area (Å²) in [4.78, 5) is 17.0. The van der Waals surface area contributed by atoms with E-state index in [1.165, 1.54) is 0 Å². The molecule has 19 heavy (non-hydrogen) atoms. The average Bonchev–Trinajstić information content (AvgIpc) is 2.53. The van der Waals surface area contributed by atoms with E-state index >= 15 is 0 Å². The molecule has 0 fully saturated rings. The molecule has 0 unspecified atom stereocenters. The monoisotopic (exact) mass is 295 g/mol. The second-order valence-electron chi connectivity index (χ2n) is 4.66. The number of nitrogens with two attached hydrogens (primary N) is 1. The van der Waals surface area contributed by atoms with Gasteiger partial charge in [0.1, 0.15) is 11.4 Å². The lowest BCUT2D eigenvalue weighted by molar-refractivity contribution is -0.141. The molecule has 0 aliphatic rings. The van der Waals surface area contributed by atoms with Crippen LogP contribution in [0.1, 0.15) is 29.2 Å². The fourth-order valence-electron chi connectivity index (χ4n) is 1.64. The lowest BCUT2D eigenvalue weighted by Gasteiger charge is -2.25. The van der Waals surface area contributed by atoms with E-state index in [1.807, 2.05) is 0 Å². The van der Waals surface area contributed by atoms with Crippen LogP contribution in [0.5, 0.6) is 0 Å². The molecule has 1 aromatic rings. The highest BCUT2D eigenvalue weighted by atomic mass is 32.1. The van der Waals surface area contributed by atoms with Crippen molar-refractivity contribution in [2.24, 2.45) is 5.92 Å². The largest absolute Gasteiger partial charge is 0.406 e. The van der Waals surface area contributed by atoms with Gasteiger partial charge in [-0.05, 0) is 12.8 Å². The SMILES string of the molecule is Cc1nc(N)sc1C(=O)N(CC(C)C)CC(F)(F)F. The molecule has 0 bridgehead atoms. The van der Waals surface area contributed by atoms with Crippen LogP contribution in [-0.4, -0.2) is 35.1 Å². The first kappa shape index (κ1) is 15.7. The first-order valence-corrected chi connectivity index (χ1v) is 6.50. The van der Waals surface area contributed by atoms with Crippen LogP contribution in [-0.2, 0) is 0 Å². The zero-order valence-electron chi connectivity index (χ0n) is 10.9. The van der Waals surface area contributed by atoms with Crippen LogP contribution in [0, 0.1) is 12.8 Å². The van der Waals surface area contributed by atoms with Crippen molar-refractivity contribution < 1.29 is 18.0 Å². The number of amides is 1. The Morgan fingerprint density at radius 1 is 1.47 bits per heavy atom. The van der Waals surface area contributed by atoms with Gasteiger partial charge in [-0.3, -0.25) is 4.79 Å². The fraction of sp³-hybridized carbons (Fsp3) is 0.636.